The minimum atomic E-state index is -0.520. The van der Waals surface area contributed by atoms with Crippen molar-refractivity contribution >= 4 is 28.8 Å². The number of nitrogens with one attached hydrogen (secondary N) is 1. The van der Waals surface area contributed by atoms with E-state index in [1.807, 2.05) is 24.3 Å². The second-order valence-electron chi connectivity index (χ2n) is 6.03. The maximum Gasteiger partial charge on any atom is 0.282 e. The van der Waals surface area contributed by atoms with E-state index in [0.29, 0.717) is 11.3 Å². The van der Waals surface area contributed by atoms with Crippen LogP contribution in [0.3, 0.4) is 0 Å². The Balaban J connectivity index is 1.83. The van der Waals surface area contributed by atoms with Crippen molar-refractivity contribution in [2.75, 3.05) is 10.2 Å². The molecule has 0 aliphatic carbocycles. The van der Waals surface area contributed by atoms with Crippen LogP contribution < -0.4 is 10.2 Å². The Morgan fingerprint density at radius 1 is 0.741 bits per heavy atom. The number of rotatable bonds is 4. The zero-order chi connectivity index (χ0) is 18.8. The lowest BCUT2D eigenvalue weighted by Gasteiger charge is -2.15. The number of halogens is 1. The summed E-state index contributed by atoms with van der Waals surface area (Å²) in [4.78, 5) is 27.2. The number of amides is 2. The average Bonchev–Trinajstić information content (AvgIpc) is 2.93. The van der Waals surface area contributed by atoms with Gasteiger partial charge in [0.15, 0.2) is 0 Å². The van der Waals surface area contributed by atoms with Crippen LogP contribution >= 0.6 is 0 Å². The first kappa shape index (κ1) is 16.7. The summed E-state index contributed by atoms with van der Waals surface area (Å²) in [6.07, 6.45) is 0. The average molecular weight is 358 g/mol. The van der Waals surface area contributed by atoms with Gasteiger partial charge in [-0.05, 0) is 35.9 Å². The van der Waals surface area contributed by atoms with Crippen molar-refractivity contribution in [2.24, 2.45) is 0 Å². The van der Waals surface area contributed by atoms with E-state index in [9.17, 15) is 14.0 Å². The molecule has 3 aromatic carbocycles. The molecule has 0 radical (unpaired) electrons. The van der Waals surface area contributed by atoms with E-state index in [2.05, 4.69) is 5.32 Å². The molecule has 0 saturated carbocycles. The predicted molar refractivity (Wildman–Crippen MR) is 102 cm³/mol. The number of benzene rings is 3. The highest BCUT2D eigenvalue weighted by atomic mass is 19.1. The van der Waals surface area contributed by atoms with Gasteiger partial charge >= 0.3 is 0 Å². The van der Waals surface area contributed by atoms with Crippen molar-refractivity contribution in [2.45, 2.75) is 0 Å². The maximum atomic E-state index is 13.7. The van der Waals surface area contributed by atoms with Gasteiger partial charge in [-0.2, -0.15) is 0 Å². The van der Waals surface area contributed by atoms with E-state index in [4.69, 9.17) is 0 Å². The summed E-state index contributed by atoms with van der Waals surface area (Å²) in [5.74, 6) is -1.53. The largest absolute Gasteiger partial charge is 0.350 e. The van der Waals surface area contributed by atoms with E-state index in [1.165, 1.54) is 24.3 Å². The van der Waals surface area contributed by atoms with E-state index in [-0.39, 0.29) is 17.0 Å². The number of carbonyl (C=O) groups excluding carboxylic acids is 2. The Labute approximate surface area is 155 Å². The predicted octanol–water partition coefficient (Wildman–Crippen LogP) is 4.22. The van der Waals surface area contributed by atoms with Crippen LogP contribution in [0.15, 0.2) is 90.6 Å². The fourth-order valence-electron chi connectivity index (χ4n) is 3.03. The lowest BCUT2D eigenvalue weighted by atomic mass is 10.0. The number of para-hydroxylation sites is 1. The molecule has 4 nitrogen and oxygen atoms in total. The molecule has 5 heteroatoms. The van der Waals surface area contributed by atoms with Crippen LogP contribution in [0.5, 0.6) is 0 Å². The summed E-state index contributed by atoms with van der Waals surface area (Å²) >= 11 is 0. The lowest BCUT2D eigenvalue weighted by molar-refractivity contribution is -0.120. The monoisotopic (exact) mass is 358 g/mol. The van der Waals surface area contributed by atoms with Crippen LogP contribution in [0, 0.1) is 5.82 Å². The summed E-state index contributed by atoms with van der Waals surface area (Å²) in [5, 5.41) is 3.06. The highest BCUT2D eigenvalue weighted by Gasteiger charge is 2.40. The topological polar surface area (TPSA) is 49.4 Å². The number of nitrogens with zero attached hydrogens (tertiary/aromatic N) is 1. The molecule has 0 bridgehead atoms. The molecule has 0 unspecified atom stereocenters. The van der Waals surface area contributed by atoms with Gasteiger partial charge in [-0.25, -0.2) is 9.29 Å². The first-order valence-electron chi connectivity index (χ1n) is 8.41. The fraction of sp³-hybridized carbons (Fsp3) is 0. The van der Waals surface area contributed by atoms with Crippen molar-refractivity contribution in [1.82, 2.24) is 0 Å². The molecule has 0 saturated heterocycles. The first-order valence-corrected chi connectivity index (χ1v) is 8.41. The third-order valence-corrected chi connectivity index (χ3v) is 4.26. The highest BCUT2D eigenvalue weighted by Crippen LogP contribution is 2.33. The molecule has 0 fully saturated rings. The van der Waals surface area contributed by atoms with Crippen LogP contribution in [0.4, 0.5) is 15.8 Å². The van der Waals surface area contributed by atoms with Gasteiger partial charge in [-0.1, -0.05) is 54.6 Å². The van der Waals surface area contributed by atoms with Gasteiger partial charge < -0.3 is 5.32 Å². The van der Waals surface area contributed by atoms with Gasteiger partial charge in [0.05, 0.1) is 11.3 Å². The van der Waals surface area contributed by atoms with E-state index >= 15 is 0 Å². The molecule has 0 aromatic heterocycles. The lowest BCUT2D eigenvalue weighted by Crippen LogP contribution is -2.32. The van der Waals surface area contributed by atoms with E-state index < -0.39 is 17.6 Å². The molecule has 0 spiro atoms. The molecule has 2 amide bonds. The second kappa shape index (κ2) is 6.88. The summed E-state index contributed by atoms with van der Waals surface area (Å²) in [5.41, 5.74) is 1.93. The van der Waals surface area contributed by atoms with Crippen molar-refractivity contribution in [1.29, 1.82) is 0 Å². The van der Waals surface area contributed by atoms with Gasteiger partial charge in [-0.15, -0.1) is 0 Å². The summed E-state index contributed by atoms with van der Waals surface area (Å²) < 4.78 is 13.7. The van der Waals surface area contributed by atoms with Crippen LogP contribution in [0.2, 0.25) is 0 Å². The van der Waals surface area contributed by atoms with Gasteiger partial charge in [-0.3, -0.25) is 9.59 Å². The molecule has 1 N–H and O–H groups in total. The SMILES string of the molecule is O=C1C(Nc2ccccc2)=C(c2ccccc2)C(=O)N1c1cccc(F)c1. The second-order valence-corrected chi connectivity index (χ2v) is 6.03. The normalized spacial score (nSPS) is 14.0. The third-order valence-electron chi connectivity index (χ3n) is 4.26. The van der Waals surface area contributed by atoms with Crippen molar-refractivity contribution < 1.29 is 14.0 Å². The van der Waals surface area contributed by atoms with E-state index in [1.54, 1.807) is 36.4 Å². The standard InChI is InChI=1S/C22H15FN2O2/c23-16-10-7-13-18(14-16)25-21(26)19(15-8-3-1-4-9-15)20(22(25)27)24-17-11-5-2-6-12-17/h1-14,24H. The number of anilines is 2. The van der Waals surface area contributed by atoms with Crippen LogP contribution in [0.25, 0.3) is 5.57 Å². The molecule has 27 heavy (non-hydrogen) atoms. The van der Waals surface area contributed by atoms with Gasteiger partial charge in [0.1, 0.15) is 11.5 Å². The summed E-state index contributed by atoms with van der Waals surface area (Å²) in [6.45, 7) is 0. The van der Waals surface area contributed by atoms with Crippen molar-refractivity contribution in [3.8, 4) is 0 Å². The Morgan fingerprint density at radius 2 is 1.41 bits per heavy atom. The minimum absolute atomic E-state index is 0.168. The molecule has 3 aromatic rings. The highest BCUT2D eigenvalue weighted by molar-refractivity contribution is 6.46. The molecule has 1 aliphatic rings. The summed E-state index contributed by atoms with van der Waals surface area (Å²) in [6, 6.07) is 23.5. The van der Waals surface area contributed by atoms with Crippen LogP contribution in [-0.2, 0) is 9.59 Å². The smallest absolute Gasteiger partial charge is 0.282 e. The zero-order valence-corrected chi connectivity index (χ0v) is 14.2. The Morgan fingerprint density at radius 3 is 2.07 bits per heavy atom. The fourth-order valence-corrected chi connectivity index (χ4v) is 3.03. The van der Waals surface area contributed by atoms with Gasteiger partial charge in [0, 0.05) is 5.69 Å². The maximum absolute atomic E-state index is 13.7. The first-order chi connectivity index (χ1) is 13.1. The number of imide groups is 1. The quantitative estimate of drug-likeness (QED) is 0.711. The number of carbonyl (C=O) groups is 2. The van der Waals surface area contributed by atoms with Crippen LogP contribution in [0.1, 0.15) is 5.56 Å². The molecule has 1 aliphatic heterocycles. The van der Waals surface area contributed by atoms with Gasteiger partial charge in [0.2, 0.25) is 0 Å². The summed E-state index contributed by atoms with van der Waals surface area (Å²) in [7, 11) is 0. The molecule has 4 rings (SSSR count). The number of hydrogen-bond acceptors (Lipinski definition) is 3. The Kier molecular flexibility index (Phi) is 4.26. The molecule has 132 valence electrons. The molecule has 0 atom stereocenters. The number of hydrogen-bond donors (Lipinski definition) is 1. The zero-order valence-electron chi connectivity index (χ0n) is 14.2. The van der Waals surface area contributed by atoms with Crippen LogP contribution in [-0.4, -0.2) is 11.8 Å². The molecular formula is C22H15FN2O2. The van der Waals surface area contributed by atoms with Crippen molar-refractivity contribution in [3.63, 3.8) is 0 Å². The molecule has 1 heterocycles. The van der Waals surface area contributed by atoms with Crippen molar-refractivity contribution in [3.05, 3.63) is 102 Å². The Bertz CT molecular complexity index is 1050. The minimum Gasteiger partial charge on any atom is -0.350 e. The van der Waals surface area contributed by atoms with E-state index in [0.717, 1.165) is 4.90 Å². The molecular weight excluding hydrogens is 343 g/mol. The third kappa shape index (κ3) is 3.11. The van der Waals surface area contributed by atoms with Gasteiger partial charge in [0.25, 0.3) is 11.8 Å². The Hall–Kier alpha value is -3.73.